The number of Topliss-reactive ketones (excluding diaryl/α,β-unsaturated/α-hetero) is 1. The molecule has 1 amide bonds. The van der Waals surface area contributed by atoms with Crippen LogP contribution in [-0.2, 0) is 9.59 Å². The minimum atomic E-state index is -0.812. The maximum absolute atomic E-state index is 13.3. The van der Waals surface area contributed by atoms with Crippen LogP contribution in [0.5, 0.6) is 17.2 Å². The summed E-state index contributed by atoms with van der Waals surface area (Å²) in [6, 6.07) is 11.2. The van der Waals surface area contributed by atoms with Crippen molar-refractivity contribution < 1.29 is 28.9 Å². The largest absolute Gasteiger partial charge is 0.507 e. The molecule has 1 atom stereocenters. The van der Waals surface area contributed by atoms with Crippen molar-refractivity contribution in [1.29, 1.82) is 0 Å². The molecule has 0 saturated carbocycles. The summed E-state index contributed by atoms with van der Waals surface area (Å²) < 4.78 is 16.6. The van der Waals surface area contributed by atoms with Crippen molar-refractivity contribution in [1.82, 2.24) is 9.80 Å². The number of aliphatic hydroxyl groups excluding tert-OH is 1. The third kappa shape index (κ3) is 5.65. The smallest absolute Gasteiger partial charge is 0.295 e. The van der Waals surface area contributed by atoms with E-state index in [1.807, 2.05) is 27.7 Å². The number of nitrogens with zero attached hydrogens (tertiary/aromatic N) is 2. The molecule has 194 valence electrons. The standard InChI is InChI=1S/C28H36N2O6/c1-7-29(8-2)15-16-30-25(22-14-13-21(34-5)17-23(22)35-6)24(27(32)28(30)33)26(31)19-9-11-20(12-10-19)36-18(3)4/h9-14,17-18,25,31H,7-8,15-16H2,1-6H3/b26-24+/t25-/m0/s1. The van der Waals surface area contributed by atoms with E-state index in [4.69, 9.17) is 14.2 Å². The number of rotatable bonds is 11. The van der Waals surface area contributed by atoms with Crippen molar-refractivity contribution in [2.75, 3.05) is 40.4 Å². The Morgan fingerprint density at radius 1 is 1.00 bits per heavy atom. The van der Waals surface area contributed by atoms with E-state index in [-0.39, 0.29) is 17.4 Å². The highest BCUT2D eigenvalue weighted by atomic mass is 16.5. The zero-order valence-corrected chi connectivity index (χ0v) is 21.9. The quantitative estimate of drug-likeness (QED) is 0.283. The molecule has 0 spiro atoms. The van der Waals surface area contributed by atoms with Crippen molar-refractivity contribution in [2.45, 2.75) is 39.8 Å². The second-order valence-corrected chi connectivity index (χ2v) is 8.82. The van der Waals surface area contributed by atoms with Gasteiger partial charge in [0.1, 0.15) is 23.0 Å². The normalized spacial score (nSPS) is 17.2. The van der Waals surface area contributed by atoms with Gasteiger partial charge in [-0.3, -0.25) is 9.59 Å². The van der Waals surface area contributed by atoms with Gasteiger partial charge in [-0.15, -0.1) is 0 Å². The molecule has 0 aliphatic carbocycles. The average molecular weight is 497 g/mol. The molecule has 36 heavy (non-hydrogen) atoms. The predicted molar refractivity (Wildman–Crippen MR) is 139 cm³/mol. The number of likely N-dealkylation sites (N-methyl/N-ethyl adjacent to an activating group) is 1. The maximum atomic E-state index is 13.3. The summed E-state index contributed by atoms with van der Waals surface area (Å²) in [7, 11) is 3.07. The van der Waals surface area contributed by atoms with Gasteiger partial charge in [0.2, 0.25) is 0 Å². The number of amides is 1. The Bertz CT molecular complexity index is 1110. The number of ketones is 1. The lowest BCUT2D eigenvalue weighted by Gasteiger charge is -2.29. The average Bonchev–Trinajstić information content (AvgIpc) is 3.13. The van der Waals surface area contributed by atoms with E-state index in [2.05, 4.69) is 4.90 Å². The van der Waals surface area contributed by atoms with Crippen molar-refractivity contribution in [3.05, 3.63) is 59.2 Å². The third-order valence-corrected chi connectivity index (χ3v) is 6.33. The van der Waals surface area contributed by atoms with Gasteiger partial charge < -0.3 is 29.1 Å². The van der Waals surface area contributed by atoms with Gasteiger partial charge >= 0.3 is 0 Å². The lowest BCUT2D eigenvalue weighted by Crippen LogP contribution is -2.38. The van der Waals surface area contributed by atoms with Crippen LogP contribution in [0.15, 0.2) is 48.0 Å². The molecule has 0 radical (unpaired) electrons. The molecule has 0 bridgehead atoms. The van der Waals surface area contributed by atoms with Crippen molar-refractivity contribution in [3.8, 4) is 17.2 Å². The first-order valence-corrected chi connectivity index (χ1v) is 12.2. The molecule has 0 aromatic heterocycles. The fourth-order valence-electron chi connectivity index (χ4n) is 4.39. The van der Waals surface area contributed by atoms with Crippen LogP contribution in [0.3, 0.4) is 0 Å². The van der Waals surface area contributed by atoms with Crippen molar-refractivity contribution in [2.24, 2.45) is 0 Å². The number of aliphatic hydroxyl groups is 1. The summed E-state index contributed by atoms with van der Waals surface area (Å²) in [5.41, 5.74) is 1.05. The molecule has 8 nitrogen and oxygen atoms in total. The SMILES string of the molecule is CCN(CC)CCN1C(=O)C(=O)/C(=C(/O)c2ccc(OC(C)C)cc2)[C@@H]1c1ccc(OC)cc1OC. The van der Waals surface area contributed by atoms with Crippen molar-refractivity contribution >= 4 is 17.4 Å². The van der Waals surface area contributed by atoms with Gasteiger partial charge in [-0.1, -0.05) is 13.8 Å². The van der Waals surface area contributed by atoms with Crippen LogP contribution in [0.4, 0.5) is 0 Å². The summed E-state index contributed by atoms with van der Waals surface area (Å²) >= 11 is 0. The molecule has 2 aromatic carbocycles. The lowest BCUT2D eigenvalue weighted by molar-refractivity contribution is -0.140. The molecule has 1 aliphatic rings. The molecule has 3 rings (SSSR count). The first-order valence-electron chi connectivity index (χ1n) is 12.2. The van der Waals surface area contributed by atoms with E-state index in [1.165, 1.54) is 12.0 Å². The minimum Gasteiger partial charge on any atom is -0.507 e. The van der Waals surface area contributed by atoms with Gasteiger partial charge in [-0.25, -0.2) is 0 Å². The van der Waals surface area contributed by atoms with Gasteiger partial charge in [0, 0.05) is 30.3 Å². The Morgan fingerprint density at radius 2 is 1.64 bits per heavy atom. The van der Waals surface area contributed by atoms with Crippen LogP contribution in [0.1, 0.15) is 44.9 Å². The Labute approximate surface area is 213 Å². The number of likely N-dealkylation sites (tertiary alicyclic amines) is 1. The van der Waals surface area contributed by atoms with Crippen LogP contribution in [-0.4, -0.2) is 73.1 Å². The molecule has 1 heterocycles. The number of ether oxygens (including phenoxy) is 3. The minimum absolute atomic E-state index is 0.00288. The number of carbonyl (C=O) groups is 2. The Kier molecular flexibility index (Phi) is 8.98. The van der Waals surface area contributed by atoms with Crippen LogP contribution in [0.25, 0.3) is 5.76 Å². The maximum Gasteiger partial charge on any atom is 0.295 e. The summed E-state index contributed by atoms with van der Waals surface area (Å²) in [4.78, 5) is 30.3. The topological polar surface area (TPSA) is 88.5 Å². The van der Waals surface area contributed by atoms with Gasteiger partial charge in [0.15, 0.2) is 0 Å². The summed E-state index contributed by atoms with van der Waals surface area (Å²) in [5, 5.41) is 11.3. The molecule has 8 heteroatoms. The van der Waals surface area contributed by atoms with Crippen LogP contribution >= 0.6 is 0 Å². The summed E-state index contributed by atoms with van der Waals surface area (Å²) in [5.74, 6) is 0.0770. The number of hydrogen-bond donors (Lipinski definition) is 1. The zero-order valence-electron chi connectivity index (χ0n) is 21.9. The fraction of sp³-hybridized carbons (Fsp3) is 0.429. The van der Waals surface area contributed by atoms with Crippen LogP contribution in [0, 0.1) is 0 Å². The highest BCUT2D eigenvalue weighted by Crippen LogP contribution is 2.43. The predicted octanol–water partition coefficient (Wildman–Crippen LogP) is 4.25. The Hall–Kier alpha value is -3.52. The summed E-state index contributed by atoms with van der Waals surface area (Å²) in [6.45, 7) is 10.5. The third-order valence-electron chi connectivity index (χ3n) is 6.33. The van der Waals surface area contributed by atoms with E-state index >= 15 is 0 Å². The van der Waals surface area contributed by atoms with Crippen molar-refractivity contribution in [3.63, 3.8) is 0 Å². The van der Waals surface area contributed by atoms with Gasteiger partial charge in [0.05, 0.1) is 31.9 Å². The number of hydrogen-bond acceptors (Lipinski definition) is 7. The van der Waals surface area contributed by atoms with Gasteiger partial charge in [-0.2, -0.15) is 0 Å². The molecule has 2 aromatic rings. The fourth-order valence-corrected chi connectivity index (χ4v) is 4.39. The second-order valence-electron chi connectivity index (χ2n) is 8.82. The Balaban J connectivity index is 2.13. The van der Waals surface area contributed by atoms with E-state index in [9.17, 15) is 14.7 Å². The number of carbonyl (C=O) groups excluding carboxylic acids is 2. The first kappa shape index (κ1) is 27.1. The monoisotopic (exact) mass is 496 g/mol. The zero-order chi connectivity index (χ0) is 26.4. The lowest BCUT2D eigenvalue weighted by atomic mass is 9.94. The second kappa shape index (κ2) is 11.9. The van der Waals surface area contributed by atoms with E-state index in [1.54, 1.807) is 49.6 Å². The molecular formula is C28H36N2O6. The molecular weight excluding hydrogens is 460 g/mol. The molecule has 1 saturated heterocycles. The molecule has 1 fully saturated rings. The Morgan fingerprint density at radius 3 is 2.19 bits per heavy atom. The van der Waals surface area contributed by atoms with Crippen LogP contribution < -0.4 is 14.2 Å². The van der Waals surface area contributed by atoms with Gasteiger partial charge in [0.25, 0.3) is 11.7 Å². The van der Waals surface area contributed by atoms with Crippen LogP contribution in [0.2, 0.25) is 0 Å². The molecule has 0 unspecified atom stereocenters. The van der Waals surface area contributed by atoms with Gasteiger partial charge in [-0.05, 0) is 63.3 Å². The highest BCUT2D eigenvalue weighted by Gasteiger charge is 2.47. The molecule has 1 N–H and O–H groups in total. The first-order chi connectivity index (χ1) is 17.2. The van der Waals surface area contributed by atoms with E-state index < -0.39 is 17.7 Å². The number of methoxy groups -OCH3 is 2. The highest BCUT2D eigenvalue weighted by molar-refractivity contribution is 6.46. The molecule has 1 aliphatic heterocycles. The summed E-state index contributed by atoms with van der Waals surface area (Å²) in [6.07, 6.45) is 0.00288. The number of benzene rings is 2. The van der Waals surface area contributed by atoms with E-state index in [0.29, 0.717) is 41.5 Å². The van der Waals surface area contributed by atoms with E-state index in [0.717, 1.165) is 13.1 Å².